The van der Waals surface area contributed by atoms with Crippen molar-refractivity contribution < 1.29 is 19.4 Å². The van der Waals surface area contributed by atoms with E-state index in [2.05, 4.69) is 38.2 Å². The second-order valence-electron chi connectivity index (χ2n) is 12.4. The van der Waals surface area contributed by atoms with Gasteiger partial charge in [0.05, 0.1) is 22.4 Å². The smallest absolute Gasteiger partial charge is 0.320 e. The Morgan fingerprint density at radius 1 is 1.05 bits per heavy atom. The van der Waals surface area contributed by atoms with E-state index < -0.39 is 6.10 Å². The number of ether oxygens (including phenoxy) is 1. The molecule has 0 spiro atoms. The highest BCUT2D eigenvalue weighted by atomic mass is 32.1. The predicted molar refractivity (Wildman–Crippen MR) is 164 cm³/mol. The molecule has 2 aromatic heterocycles. The Hall–Kier alpha value is -3.19. The zero-order valence-corrected chi connectivity index (χ0v) is 25.3. The molecule has 228 valence electrons. The van der Waals surface area contributed by atoms with Crippen molar-refractivity contribution >= 4 is 38.6 Å². The van der Waals surface area contributed by atoms with Crippen LogP contribution in [-0.4, -0.2) is 104 Å². The molecule has 0 radical (unpaired) electrons. The molecule has 2 aliphatic heterocycles. The summed E-state index contributed by atoms with van der Waals surface area (Å²) in [5.74, 6) is 0.613. The number of urea groups is 1. The Bertz CT molecular complexity index is 1470. The molecule has 3 aromatic rings. The summed E-state index contributed by atoms with van der Waals surface area (Å²) in [5.41, 5.74) is 2.72. The summed E-state index contributed by atoms with van der Waals surface area (Å²) in [5, 5.41) is 13.6. The number of anilines is 1. The molecule has 4 aliphatic rings. The number of thiazole rings is 1. The lowest BCUT2D eigenvalue weighted by Gasteiger charge is -2.50. The topological polar surface area (TPSA) is 124 Å². The van der Waals surface area contributed by atoms with Crippen molar-refractivity contribution in [2.24, 2.45) is 5.92 Å². The minimum atomic E-state index is -0.394. The molecular formula is C31H39N7O4S. The molecule has 2 saturated carbocycles. The van der Waals surface area contributed by atoms with Crippen LogP contribution in [0, 0.1) is 5.92 Å². The molecule has 4 heterocycles. The van der Waals surface area contributed by atoms with Crippen LogP contribution in [0.5, 0.6) is 0 Å². The number of piperazine rings is 1. The molecule has 11 nitrogen and oxygen atoms in total. The summed E-state index contributed by atoms with van der Waals surface area (Å²) < 4.78 is 6.79. The number of hydrogen-bond donors (Lipinski definition) is 2. The van der Waals surface area contributed by atoms with Crippen LogP contribution in [0.2, 0.25) is 0 Å². The van der Waals surface area contributed by atoms with E-state index in [1.807, 2.05) is 21.9 Å². The van der Waals surface area contributed by atoms with E-state index in [0.29, 0.717) is 23.0 Å². The average molecular weight is 606 g/mol. The molecule has 7 rings (SSSR count). The second kappa shape index (κ2) is 12.1. The highest BCUT2D eigenvalue weighted by Crippen LogP contribution is 2.36. The number of rotatable bonds is 7. The van der Waals surface area contributed by atoms with Crippen LogP contribution in [-0.2, 0) is 16.1 Å². The highest BCUT2D eigenvalue weighted by molar-refractivity contribution is 7.22. The van der Waals surface area contributed by atoms with Gasteiger partial charge >= 0.3 is 6.03 Å². The minimum absolute atomic E-state index is 0.0166. The van der Waals surface area contributed by atoms with Crippen molar-refractivity contribution in [3.05, 3.63) is 36.4 Å². The molecule has 3 amide bonds. The van der Waals surface area contributed by atoms with Crippen molar-refractivity contribution in [2.75, 3.05) is 38.0 Å². The van der Waals surface area contributed by atoms with Crippen molar-refractivity contribution in [3.8, 4) is 11.1 Å². The van der Waals surface area contributed by atoms with Crippen molar-refractivity contribution in [1.82, 2.24) is 29.7 Å². The van der Waals surface area contributed by atoms with E-state index in [9.17, 15) is 14.7 Å². The maximum absolute atomic E-state index is 13.1. The second-order valence-corrected chi connectivity index (χ2v) is 13.4. The Morgan fingerprint density at radius 3 is 2.56 bits per heavy atom. The quantitative estimate of drug-likeness (QED) is 0.418. The Morgan fingerprint density at radius 2 is 1.86 bits per heavy atom. The number of amides is 3. The van der Waals surface area contributed by atoms with Crippen molar-refractivity contribution in [2.45, 2.75) is 76.3 Å². The SMILES string of the molecule is C[C@H]1CN(C(=O)N2CCC2)CCN1C1CC(C(=O)Nc2nc3ccc(-c4cnc(CO[C@H]5CCC[C@@H]5O)nc4)cc3s2)C1. The molecule has 0 unspecified atom stereocenters. The van der Waals surface area contributed by atoms with E-state index in [-0.39, 0.29) is 30.6 Å². The standard InChI is InChI=1S/C31H39N7O4S/c1-19-17-37(31(41)36-8-3-9-36)10-11-38(19)23-12-21(13-23)29(40)35-30-34-24-7-6-20(14-27(24)43-30)22-15-32-28(33-16-22)18-42-26-5-2-4-25(26)39/h6-7,14-16,19,21,23,25-26,39H,2-5,8-13,17-18H2,1H3,(H,34,35,40)/t19-,21?,23?,25-,26-/m0/s1. The molecular weight excluding hydrogens is 566 g/mol. The number of fused-ring (bicyclic) bond motifs is 1. The highest BCUT2D eigenvalue weighted by Gasteiger charge is 2.42. The molecule has 2 saturated heterocycles. The lowest BCUT2D eigenvalue weighted by Crippen LogP contribution is -2.62. The molecule has 2 N–H and O–H groups in total. The molecule has 0 bridgehead atoms. The normalized spacial score (nSPS) is 27.6. The van der Waals surface area contributed by atoms with E-state index in [4.69, 9.17) is 4.74 Å². The number of nitrogens with zero attached hydrogens (tertiary/aromatic N) is 6. The van der Waals surface area contributed by atoms with Crippen LogP contribution in [0.1, 0.15) is 51.3 Å². The third-order valence-electron chi connectivity index (χ3n) is 9.53. The lowest BCUT2D eigenvalue weighted by atomic mass is 9.78. The first-order chi connectivity index (χ1) is 20.9. The van der Waals surface area contributed by atoms with Gasteiger partial charge in [-0.15, -0.1) is 0 Å². The number of hydrogen-bond acceptors (Lipinski definition) is 9. The Balaban J connectivity index is 0.906. The van der Waals surface area contributed by atoms with Gasteiger partial charge in [-0.2, -0.15) is 0 Å². The van der Waals surface area contributed by atoms with Gasteiger partial charge in [-0.05, 0) is 63.1 Å². The lowest BCUT2D eigenvalue weighted by molar-refractivity contribution is -0.125. The van der Waals surface area contributed by atoms with Crippen LogP contribution in [0.3, 0.4) is 0 Å². The molecule has 2 aliphatic carbocycles. The summed E-state index contributed by atoms with van der Waals surface area (Å²) in [7, 11) is 0. The summed E-state index contributed by atoms with van der Waals surface area (Å²) >= 11 is 1.47. The van der Waals surface area contributed by atoms with Crippen LogP contribution in [0.15, 0.2) is 30.6 Å². The maximum Gasteiger partial charge on any atom is 0.320 e. The number of aliphatic hydroxyl groups excluding tert-OH is 1. The first kappa shape index (κ1) is 28.6. The fourth-order valence-electron chi connectivity index (χ4n) is 6.69. The third kappa shape index (κ3) is 5.98. The number of carbonyl (C=O) groups is 2. The van der Waals surface area contributed by atoms with Gasteiger partial charge in [0.2, 0.25) is 5.91 Å². The van der Waals surface area contributed by atoms with Gasteiger partial charge in [0.15, 0.2) is 11.0 Å². The van der Waals surface area contributed by atoms with Gasteiger partial charge in [0.25, 0.3) is 0 Å². The first-order valence-corrected chi connectivity index (χ1v) is 16.3. The molecule has 43 heavy (non-hydrogen) atoms. The van der Waals surface area contributed by atoms with E-state index >= 15 is 0 Å². The summed E-state index contributed by atoms with van der Waals surface area (Å²) in [6, 6.07) is 6.88. The Kier molecular flexibility index (Phi) is 8.02. The fraction of sp³-hybridized carbons (Fsp3) is 0.581. The molecule has 3 atom stereocenters. The summed E-state index contributed by atoms with van der Waals surface area (Å²) in [6.07, 6.45) is 8.50. The molecule has 12 heteroatoms. The van der Waals surface area contributed by atoms with Crippen LogP contribution in [0.4, 0.5) is 9.93 Å². The zero-order chi connectivity index (χ0) is 29.5. The predicted octanol–water partition coefficient (Wildman–Crippen LogP) is 3.73. The van der Waals surface area contributed by atoms with Crippen LogP contribution in [0.25, 0.3) is 21.3 Å². The monoisotopic (exact) mass is 605 g/mol. The Labute approximate surface area is 255 Å². The van der Waals surface area contributed by atoms with Crippen LogP contribution < -0.4 is 5.32 Å². The van der Waals surface area contributed by atoms with E-state index in [0.717, 1.165) is 92.6 Å². The van der Waals surface area contributed by atoms with Gasteiger partial charge in [0, 0.05) is 68.7 Å². The fourth-order valence-corrected chi connectivity index (χ4v) is 7.60. The van der Waals surface area contributed by atoms with Crippen LogP contribution >= 0.6 is 11.3 Å². The zero-order valence-electron chi connectivity index (χ0n) is 24.5. The van der Waals surface area contributed by atoms with E-state index in [1.165, 1.54) is 11.3 Å². The van der Waals surface area contributed by atoms with Gasteiger partial charge in [-0.3, -0.25) is 9.69 Å². The molecule has 1 aromatic carbocycles. The van der Waals surface area contributed by atoms with Gasteiger partial charge < -0.3 is 25.0 Å². The maximum atomic E-state index is 13.1. The number of benzene rings is 1. The van der Waals surface area contributed by atoms with Gasteiger partial charge in [-0.25, -0.2) is 19.7 Å². The first-order valence-electron chi connectivity index (χ1n) is 15.5. The molecule has 4 fully saturated rings. The van der Waals surface area contributed by atoms with Gasteiger partial charge in [0.1, 0.15) is 6.61 Å². The number of likely N-dealkylation sites (tertiary alicyclic amines) is 1. The summed E-state index contributed by atoms with van der Waals surface area (Å²) in [4.78, 5) is 45.6. The van der Waals surface area contributed by atoms with Gasteiger partial charge in [-0.1, -0.05) is 17.4 Å². The number of aromatic nitrogens is 3. The van der Waals surface area contributed by atoms with Crippen molar-refractivity contribution in [3.63, 3.8) is 0 Å². The largest absolute Gasteiger partial charge is 0.390 e. The van der Waals surface area contributed by atoms with Crippen molar-refractivity contribution in [1.29, 1.82) is 0 Å². The minimum Gasteiger partial charge on any atom is -0.390 e. The third-order valence-corrected chi connectivity index (χ3v) is 10.5. The summed E-state index contributed by atoms with van der Waals surface area (Å²) in [6.45, 7) is 6.63. The average Bonchev–Trinajstić information content (AvgIpc) is 3.55. The number of aliphatic hydroxyl groups is 1. The van der Waals surface area contributed by atoms with E-state index in [1.54, 1.807) is 12.4 Å². The number of carbonyl (C=O) groups excluding carboxylic acids is 2. The number of nitrogens with one attached hydrogen (secondary N) is 1.